The maximum atomic E-state index is 11.9. The van der Waals surface area contributed by atoms with Gasteiger partial charge in [0.2, 0.25) is 0 Å². The standard InChI is InChI=1S/C12H16BrN3O3S/c1-2-4-16-12(17)11(13)10(7-15-16)14-6-9-3-5-20(18,19)8-9/h2,7,9,14H,1,3-6,8H2. The van der Waals surface area contributed by atoms with Crippen LogP contribution >= 0.6 is 15.9 Å². The highest BCUT2D eigenvalue weighted by Gasteiger charge is 2.27. The van der Waals surface area contributed by atoms with Crippen molar-refractivity contribution in [1.29, 1.82) is 0 Å². The predicted octanol–water partition coefficient (Wildman–Crippen LogP) is 1.04. The fourth-order valence-electron chi connectivity index (χ4n) is 2.13. The SMILES string of the molecule is C=CCn1ncc(NCC2CCS(=O)(=O)C2)c(Br)c1=O. The highest BCUT2D eigenvalue weighted by molar-refractivity contribution is 9.10. The van der Waals surface area contributed by atoms with Crippen molar-refractivity contribution in [2.75, 3.05) is 23.4 Å². The molecule has 0 spiro atoms. The summed E-state index contributed by atoms with van der Waals surface area (Å²) in [4.78, 5) is 11.9. The minimum atomic E-state index is -2.88. The molecule has 1 aliphatic rings. The maximum Gasteiger partial charge on any atom is 0.283 e. The zero-order valence-corrected chi connectivity index (χ0v) is 13.3. The van der Waals surface area contributed by atoms with E-state index < -0.39 is 9.84 Å². The van der Waals surface area contributed by atoms with Crippen molar-refractivity contribution in [3.63, 3.8) is 0 Å². The summed E-state index contributed by atoms with van der Waals surface area (Å²) in [5, 5.41) is 7.11. The number of rotatable bonds is 5. The maximum absolute atomic E-state index is 11.9. The monoisotopic (exact) mass is 361 g/mol. The Balaban J connectivity index is 2.06. The van der Waals surface area contributed by atoms with Crippen LogP contribution in [0, 0.1) is 5.92 Å². The van der Waals surface area contributed by atoms with Crippen LogP contribution in [0.15, 0.2) is 28.1 Å². The molecule has 0 amide bonds. The molecule has 0 aliphatic carbocycles. The van der Waals surface area contributed by atoms with Crippen LogP contribution in [-0.2, 0) is 16.4 Å². The van der Waals surface area contributed by atoms with E-state index in [2.05, 4.69) is 32.9 Å². The van der Waals surface area contributed by atoms with Crippen molar-refractivity contribution >= 4 is 31.5 Å². The van der Waals surface area contributed by atoms with Crippen LogP contribution in [-0.4, -0.2) is 36.2 Å². The lowest BCUT2D eigenvalue weighted by Crippen LogP contribution is -2.25. The Morgan fingerprint density at radius 3 is 2.95 bits per heavy atom. The van der Waals surface area contributed by atoms with Gasteiger partial charge in [-0.25, -0.2) is 13.1 Å². The minimum Gasteiger partial charge on any atom is -0.382 e. The van der Waals surface area contributed by atoms with Gasteiger partial charge in [-0.1, -0.05) is 6.08 Å². The molecule has 2 heterocycles. The van der Waals surface area contributed by atoms with Gasteiger partial charge in [0, 0.05) is 6.54 Å². The molecule has 1 atom stereocenters. The molecule has 1 unspecified atom stereocenters. The van der Waals surface area contributed by atoms with Gasteiger partial charge in [0.15, 0.2) is 9.84 Å². The Labute approximate surface area is 125 Å². The van der Waals surface area contributed by atoms with Gasteiger partial charge in [-0.2, -0.15) is 5.10 Å². The molecular formula is C12H16BrN3O3S. The normalized spacial score (nSPS) is 20.8. The molecular weight excluding hydrogens is 346 g/mol. The van der Waals surface area contributed by atoms with E-state index in [9.17, 15) is 13.2 Å². The molecule has 0 aromatic carbocycles. The van der Waals surface area contributed by atoms with Gasteiger partial charge in [-0.05, 0) is 28.3 Å². The second kappa shape index (κ2) is 6.09. The van der Waals surface area contributed by atoms with Crippen LogP contribution in [0.1, 0.15) is 6.42 Å². The van der Waals surface area contributed by atoms with Gasteiger partial charge in [0.1, 0.15) is 4.47 Å². The highest BCUT2D eigenvalue weighted by Crippen LogP contribution is 2.21. The molecule has 20 heavy (non-hydrogen) atoms. The van der Waals surface area contributed by atoms with Gasteiger partial charge >= 0.3 is 0 Å². The molecule has 1 N–H and O–H groups in total. The molecule has 1 aliphatic heterocycles. The molecule has 2 rings (SSSR count). The molecule has 0 bridgehead atoms. The Bertz CT molecular complexity index is 669. The van der Waals surface area contributed by atoms with E-state index in [-0.39, 0.29) is 23.0 Å². The number of anilines is 1. The number of nitrogens with zero attached hydrogens (tertiary/aromatic N) is 2. The predicted molar refractivity (Wildman–Crippen MR) is 81.6 cm³/mol. The second-order valence-corrected chi connectivity index (χ2v) is 7.82. The van der Waals surface area contributed by atoms with E-state index in [1.165, 1.54) is 4.68 Å². The van der Waals surface area contributed by atoms with Crippen LogP contribution < -0.4 is 10.9 Å². The summed E-state index contributed by atoms with van der Waals surface area (Å²) in [5.41, 5.74) is 0.341. The number of allylic oxidation sites excluding steroid dienone is 1. The zero-order valence-electron chi connectivity index (χ0n) is 10.9. The lowest BCUT2D eigenvalue weighted by molar-refractivity contribution is 0.595. The van der Waals surface area contributed by atoms with E-state index >= 15 is 0 Å². The van der Waals surface area contributed by atoms with Crippen molar-refractivity contribution in [1.82, 2.24) is 9.78 Å². The summed E-state index contributed by atoms with van der Waals surface area (Å²) in [6.45, 7) is 4.43. The van der Waals surface area contributed by atoms with Gasteiger partial charge < -0.3 is 5.32 Å². The number of aromatic nitrogens is 2. The summed E-state index contributed by atoms with van der Waals surface area (Å²) in [7, 11) is -2.88. The number of sulfone groups is 1. The van der Waals surface area contributed by atoms with Crippen molar-refractivity contribution < 1.29 is 8.42 Å². The van der Waals surface area contributed by atoms with Gasteiger partial charge in [0.05, 0.1) is 29.9 Å². The molecule has 8 heteroatoms. The Morgan fingerprint density at radius 1 is 1.60 bits per heavy atom. The summed E-state index contributed by atoms with van der Waals surface area (Å²) in [5.74, 6) is 0.542. The van der Waals surface area contributed by atoms with Crippen LogP contribution in [0.25, 0.3) is 0 Å². The summed E-state index contributed by atoms with van der Waals surface area (Å²) in [6.07, 6.45) is 3.81. The number of hydrogen-bond donors (Lipinski definition) is 1. The molecule has 1 aromatic heterocycles. The Kier molecular flexibility index (Phi) is 4.64. The lowest BCUT2D eigenvalue weighted by Gasteiger charge is -2.12. The lowest BCUT2D eigenvalue weighted by atomic mass is 10.1. The first kappa shape index (κ1) is 15.2. The fourth-order valence-corrected chi connectivity index (χ4v) is 4.44. The first-order chi connectivity index (χ1) is 9.43. The largest absolute Gasteiger partial charge is 0.382 e. The number of halogens is 1. The molecule has 0 saturated carbocycles. The molecule has 1 aromatic rings. The summed E-state index contributed by atoms with van der Waals surface area (Å²) >= 11 is 3.24. The van der Waals surface area contributed by atoms with E-state index in [0.717, 1.165) is 0 Å². The van der Waals surface area contributed by atoms with Crippen LogP contribution in [0.2, 0.25) is 0 Å². The second-order valence-electron chi connectivity index (χ2n) is 4.80. The van der Waals surface area contributed by atoms with E-state index in [1.54, 1.807) is 12.3 Å². The fraction of sp³-hybridized carbons (Fsp3) is 0.500. The minimum absolute atomic E-state index is 0.0857. The molecule has 1 fully saturated rings. The third kappa shape index (κ3) is 3.49. The topological polar surface area (TPSA) is 81.1 Å². The van der Waals surface area contributed by atoms with Crippen molar-refractivity contribution in [3.05, 3.63) is 33.7 Å². The first-order valence-corrected chi connectivity index (χ1v) is 8.85. The summed E-state index contributed by atoms with van der Waals surface area (Å²) < 4.78 is 24.4. The van der Waals surface area contributed by atoms with Crippen molar-refractivity contribution in [2.45, 2.75) is 13.0 Å². The molecule has 1 saturated heterocycles. The van der Waals surface area contributed by atoms with E-state index in [4.69, 9.17) is 0 Å². The van der Waals surface area contributed by atoms with E-state index in [0.29, 0.717) is 29.7 Å². The zero-order chi connectivity index (χ0) is 14.8. The summed E-state index contributed by atoms with van der Waals surface area (Å²) in [6, 6.07) is 0. The van der Waals surface area contributed by atoms with Crippen molar-refractivity contribution in [2.24, 2.45) is 5.92 Å². The molecule has 0 radical (unpaired) electrons. The Morgan fingerprint density at radius 2 is 2.35 bits per heavy atom. The van der Waals surface area contributed by atoms with Gasteiger partial charge in [-0.15, -0.1) is 6.58 Å². The smallest absolute Gasteiger partial charge is 0.283 e. The molecule has 6 nitrogen and oxygen atoms in total. The quantitative estimate of drug-likeness (QED) is 0.792. The Hall–Kier alpha value is -1.15. The molecule has 110 valence electrons. The highest BCUT2D eigenvalue weighted by atomic mass is 79.9. The van der Waals surface area contributed by atoms with Crippen LogP contribution in [0.4, 0.5) is 5.69 Å². The van der Waals surface area contributed by atoms with E-state index in [1.807, 2.05) is 0 Å². The number of hydrogen-bond acceptors (Lipinski definition) is 5. The van der Waals surface area contributed by atoms with Crippen LogP contribution in [0.3, 0.4) is 0 Å². The average molecular weight is 362 g/mol. The first-order valence-electron chi connectivity index (χ1n) is 6.24. The van der Waals surface area contributed by atoms with Gasteiger partial charge in [-0.3, -0.25) is 4.79 Å². The third-order valence-electron chi connectivity index (χ3n) is 3.19. The van der Waals surface area contributed by atoms with Crippen molar-refractivity contribution in [3.8, 4) is 0 Å². The van der Waals surface area contributed by atoms with Gasteiger partial charge in [0.25, 0.3) is 5.56 Å². The number of nitrogens with one attached hydrogen (secondary N) is 1. The van der Waals surface area contributed by atoms with Crippen LogP contribution in [0.5, 0.6) is 0 Å². The third-order valence-corrected chi connectivity index (χ3v) is 5.80. The average Bonchev–Trinajstić information content (AvgIpc) is 2.74.